The lowest BCUT2D eigenvalue weighted by atomic mass is 10.0. The van der Waals surface area contributed by atoms with Crippen LogP contribution in [-0.2, 0) is 19.4 Å². The fourth-order valence-corrected chi connectivity index (χ4v) is 2.26. The van der Waals surface area contributed by atoms with Crippen LogP contribution in [0.15, 0.2) is 22.8 Å². The standard InChI is InChI=1S/C13H15N3O2/c17-13(11-6-3-7-18-11)14-8-12-15-9-4-1-2-5-10(9)16-12/h3,6-7H,1-2,4-5,8H2,(H,14,17)(H,15,16). The maximum Gasteiger partial charge on any atom is 0.287 e. The highest BCUT2D eigenvalue weighted by Crippen LogP contribution is 2.18. The van der Waals surface area contributed by atoms with Gasteiger partial charge in [0.1, 0.15) is 5.82 Å². The van der Waals surface area contributed by atoms with Crippen molar-refractivity contribution in [3.05, 3.63) is 41.4 Å². The number of nitrogens with zero attached hydrogens (tertiary/aromatic N) is 1. The molecule has 0 aliphatic heterocycles. The summed E-state index contributed by atoms with van der Waals surface area (Å²) in [6.45, 7) is 0.409. The van der Waals surface area contributed by atoms with Crippen LogP contribution in [0.3, 0.4) is 0 Å². The fraction of sp³-hybridized carbons (Fsp3) is 0.385. The minimum Gasteiger partial charge on any atom is -0.459 e. The third-order valence-corrected chi connectivity index (χ3v) is 3.17. The van der Waals surface area contributed by atoms with Gasteiger partial charge in [0.05, 0.1) is 18.5 Å². The van der Waals surface area contributed by atoms with E-state index in [0.29, 0.717) is 12.3 Å². The number of carbonyl (C=O) groups excluding carboxylic acids is 1. The van der Waals surface area contributed by atoms with Crippen molar-refractivity contribution in [2.45, 2.75) is 32.2 Å². The monoisotopic (exact) mass is 245 g/mol. The van der Waals surface area contributed by atoms with E-state index < -0.39 is 0 Å². The van der Waals surface area contributed by atoms with Crippen LogP contribution < -0.4 is 5.32 Å². The van der Waals surface area contributed by atoms with Crippen molar-refractivity contribution in [1.82, 2.24) is 15.3 Å². The minimum atomic E-state index is -0.214. The Morgan fingerprint density at radius 3 is 3.11 bits per heavy atom. The molecule has 0 saturated heterocycles. The highest BCUT2D eigenvalue weighted by molar-refractivity contribution is 5.91. The van der Waals surface area contributed by atoms with Gasteiger partial charge in [0.25, 0.3) is 5.91 Å². The van der Waals surface area contributed by atoms with Crippen molar-refractivity contribution in [2.75, 3.05) is 0 Å². The number of nitrogens with one attached hydrogen (secondary N) is 2. The second kappa shape index (κ2) is 4.68. The van der Waals surface area contributed by atoms with E-state index in [0.717, 1.165) is 24.4 Å². The van der Waals surface area contributed by atoms with Crippen LogP contribution in [0, 0.1) is 0 Å². The summed E-state index contributed by atoms with van der Waals surface area (Å²) in [5.41, 5.74) is 2.38. The zero-order valence-corrected chi connectivity index (χ0v) is 10.0. The third-order valence-electron chi connectivity index (χ3n) is 3.17. The molecule has 1 amide bonds. The normalized spacial score (nSPS) is 14.2. The lowest BCUT2D eigenvalue weighted by molar-refractivity contribution is 0.0922. The number of hydrogen-bond donors (Lipinski definition) is 2. The molecule has 18 heavy (non-hydrogen) atoms. The van der Waals surface area contributed by atoms with Gasteiger partial charge >= 0.3 is 0 Å². The quantitative estimate of drug-likeness (QED) is 0.866. The molecule has 2 aromatic rings. The van der Waals surface area contributed by atoms with Gasteiger partial charge in [-0.05, 0) is 37.8 Å². The minimum absolute atomic E-state index is 0.214. The van der Waals surface area contributed by atoms with Crippen LogP contribution in [0.2, 0.25) is 0 Å². The van der Waals surface area contributed by atoms with Gasteiger partial charge in [-0.1, -0.05) is 0 Å². The number of amides is 1. The highest BCUT2D eigenvalue weighted by Gasteiger charge is 2.15. The molecule has 0 fully saturated rings. The van der Waals surface area contributed by atoms with Crippen LogP contribution in [0.4, 0.5) is 0 Å². The second-order valence-electron chi connectivity index (χ2n) is 4.48. The Morgan fingerprint density at radius 2 is 2.33 bits per heavy atom. The number of furan rings is 1. The number of imidazole rings is 1. The van der Waals surface area contributed by atoms with Crippen molar-refractivity contribution in [2.24, 2.45) is 0 Å². The maximum absolute atomic E-state index is 11.7. The molecule has 0 unspecified atom stereocenters. The molecule has 0 saturated carbocycles. The second-order valence-corrected chi connectivity index (χ2v) is 4.48. The summed E-state index contributed by atoms with van der Waals surface area (Å²) in [6, 6.07) is 3.34. The average molecular weight is 245 g/mol. The summed E-state index contributed by atoms with van der Waals surface area (Å²) < 4.78 is 5.02. The lowest BCUT2D eigenvalue weighted by Crippen LogP contribution is -2.22. The molecule has 1 aliphatic carbocycles. The fourth-order valence-electron chi connectivity index (χ4n) is 2.26. The molecule has 0 aromatic carbocycles. The van der Waals surface area contributed by atoms with Gasteiger partial charge in [0, 0.05) is 5.69 Å². The molecule has 0 bridgehead atoms. The van der Waals surface area contributed by atoms with E-state index >= 15 is 0 Å². The predicted molar refractivity (Wildman–Crippen MR) is 65.1 cm³/mol. The molecule has 5 heteroatoms. The number of aromatic nitrogens is 2. The molecule has 0 atom stereocenters. The molecular formula is C13H15N3O2. The first kappa shape index (κ1) is 11.1. The number of fused-ring (bicyclic) bond motifs is 1. The number of rotatable bonds is 3. The number of aryl methyl sites for hydroxylation is 2. The Labute approximate surface area is 105 Å². The Bertz CT molecular complexity index is 519. The lowest BCUT2D eigenvalue weighted by Gasteiger charge is -2.07. The van der Waals surface area contributed by atoms with Crippen LogP contribution in [0.25, 0.3) is 0 Å². The summed E-state index contributed by atoms with van der Waals surface area (Å²) in [7, 11) is 0. The Balaban J connectivity index is 1.63. The molecule has 94 valence electrons. The number of aromatic amines is 1. The average Bonchev–Trinajstić information content (AvgIpc) is 3.04. The highest BCUT2D eigenvalue weighted by atomic mass is 16.3. The first-order valence-corrected chi connectivity index (χ1v) is 6.21. The van der Waals surface area contributed by atoms with Gasteiger partial charge in [0.15, 0.2) is 5.76 Å². The van der Waals surface area contributed by atoms with E-state index in [1.54, 1.807) is 12.1 Å². The Hall–Kier alpha value is -2.04. The van der Waals surface area contributed by atoms with Crippen LogP contribution in [0.5, 0.6) is 0 Å². The van der Waals surface area contributed by atoms with E-state index in [-0.39, 0.29) is 5.91 Å². The van der Waals surface area contributed by atoms with Crippen LogP contribution in [0.1, 0.15) is 40.6 Å². The van der Waals surface area contributed by atoms with Crippen LogP contribution in [-0.4, -0.2) is 15.9 Å². The van der Waals surface area contributed by atoms with Gasteiger partial charge in [-0.15, -0.1) is 0 Å². The van der Waals surface area contributed by atoms with E-state index in [1.165, 1.54) is 24.8 Å². The molecule has 2 heterocycles. The first-order valence-electron chi connectivity index (χ1n) is 6.21. The van der Waals surface area contributed by atoms with Crippen LogP contribution >= 0.6 is 0 Å². The number of H-pyrrole nitrogens is 1. The predicted octanol–water partition coefficient (Wildman–Crippen LogP) is 1.81. The third kappa shape index (κ3) is 2.16. The molecule has 3 rings (SSSR count). The molecular weight excluding hydrogens is 230 g/mol. The smallest absolute Gasteiger partial charge is 0.287 e. The number of carbonyl (C=O) groups is 1. The SMILES string of the molecule is O=C(NCc1nc2c([nH]1)CCCC2)c1ccco1. The van der Waals surface area contributed by atoms with E-state index in [1.807, 2.05) is 0 Å². The van der Waals surface area contributed by atoms with E-state index in [4.69, 9.17) is 4.42 Å². The van der Waals surface area contributed by atoms with Gasteiger partial charge in [-0.2, -0.15) is 0 Å². The molecule has 0 radical (unpaired) electrons. The summed E-state index contributed by atoms with van der Waals surface area (Å²) in [5.74, 6) is 0.933. The topological polar surface area (TPSA) is 70.9 Å². The summed E-state index contributed by atoms with van der Waals surface area (Å²) in [5, 5.41) is 2.78. The van der Waals surface area contributed by atoms with Gasteiger partial charge in [-0.3, -0.25) is 4.79 Å². The zero-order chi connectivity index (χ0) is 12.4. The Morgan fingerprint density at radius 1 is 1.44 bits per heavy atom. The summed E-state index contributed by atoms with van der Waals surface area (Å²) in [6.07, 6.45) is 6.01. The molecule has 5 nitrogen and oxygen atoms in total. The van der Waals surface area contributed by atoms with Crippen molar-refractivity contribution < 1.29 is 9.21 Å². The maximum atomic E-state index is 11.7. The summed E-state index contributed by atoms with van der Waals surface area (Å²) >= 11 is 0. The number of hydrogen-bond acceptors (Lipinski definition) is 3. The molecule has 2 N–H and O–H groups in total. The first-order chi connectivity index (χ1) is 8.83. The van der Waals surface area contributed by atoms with Gasteiger partial charge in [0.2, 0.25) is 0 Å². The molecule has 2 aromatic heterocycles. The zero-order valence-electron chi connectivity index (χ0n) is 10.0. The van der Waals surface area contributed by atoms with Crippen molar-refractivity contribution >= 4 is 5.91 Å². The Kier molecular flexibility index (Phi) is 2.88. The van der Waals surface area contributed by atoms with E-state index in [2.05, 4.69) is 15.3 Å². The van der Waals surface area contributed by atoms with Gasteiger partial charge < -0.3 is 14.7 Å². The molecule has 0 spiro atoms. The van der Waals surface area contributed by atoms with Crippen molar-refractivity contribution in [3.63, 3.8) is 0 Å². The van der Waals surface area contributed by atoms with Crippen molar-refractivity contribution in [3.8, 4) is 0 Å². The summed E-state index contributed by atoms with van der Waals surface area (Å²) in [4.78, 5) is 19.5. The molecule has 1 aliphatic rings. The largest absolute Gasteiger partial charge is 0.459 e. The van der Waals surface area contributed by atoms with Crippen molar-refractivity contribution in [1.29, 1.82) is 0 Å². The van der Waals surface area contributed by atoms with Gasteiger partial charge in [-0.25, -0.2) is 4.98 Å². The van der Waals surface area contributed by atoms with E-state index in [9.17, 15) is 4.79 Å².